The molecule has 0 atom stereocenters. The molecule has 1 heterocycles. The molecule has 4 rings (SSSR count). The van der Waals surface area contributed by atoms with E-state index >= 15 is 0 Å². The fourth-order valence-electron chi connectivity index (χ4n) is 4.61. The average Bonchev–Trinajstić information content (AvgIpc) is 3.73. The summed E-state index contributed by atoms with van der Waals surface area (Å²) in [4.78, 5) is 14.9. The van der Waals surface area contributed by atoms with Crippen molar-refractivity contribution in [3.63, 3.8) is 0 Å². The molecular formula is C28H35F2N5O4S. The van der Waals surface area contributed by atoms with Crippen LogP contribution < -0.4 is 11.1 Å². The number of carbonyl (C=O) groups is 1. The van der Waals surface area contributed by atoms with Gasteiger partial charge in [-0.2, -0.15) is 4.31 Å². The lowest BCUT2D eigenvalue weighted by molar-refractivity contribution is -0.116. The number of hydrogen-bond donors (Lipinski definition) is 3. The summed E-state index contributed by atoms with van der Waals surface area (Å²) in [6, 6.07) is 9.34. The number of amides is 1. The molecule has 40 heavy (non-hydrogen) atoms. The smallest absolute Gasteiger partial charge is 0.293 e. The van der Waals surface area contributed by atoms with Crippen molar-refractivity contribution < 1.29 is 26.7 Å². The summed E-state index contributed by atoms with van der Waals surface area (Å²) in [6.45, 7) is 0.991. The maximum atomic E-state index is 13.7. The Morgan fingerprint density at radius 1 is 1.05 bits per heavy atom. The minimum absolute atomic E-state index is 0.0831. The van der Waals surface area contributed by atoms with E-state index in [1.807, 2.05) is 0 Å². The van der Waals surface area contributed by atoms with Crippen molar-refractivity contribution in [2.75, 3.05) is 43.8 Å². The summed E-state index contributed by atoms with van der Waals surface area (Å²) in [5.74, 6) is -1.97. The predicted molar refractivity (Wildman–Crippen MR) is 150 cm³/mol. The third-order valence-electron chi connectivity index (χ3n) is 6.95. The van der Waals surface area contributed by atoms with E-state index in [2.05, 4.69) is 5.32 Å². The van der Waals surface area contributed by atoms with Gasteiger partial charge in [-0.25, -0.2) is 17.2 Å². The SMILES string of the molecule is N=CC(=C(OCCCCC1CC1)C(=O)Nc1cc(F)cc(F)c1)N1CCN(S(=O)(=O)Cc2ccc(N)cc2)CC1. The average molecular weight is 576 g/mol. The van der Waals surface area contributed by atoms with Crippen LogP contribution in [0, 0.1) is 23.0 Å². The van der Waals surface area contributed by atoms with E-state index in [1.54, 1.807) is 29.2 Å². The van der Waals surface area contributed by atoms with Gasteiger partial charge in [0, 0.05) is 49.8 Å². The molecule has 216 valence electrons. The van der Waals surface area contributed by atoms with Gasteiger partial charge < -0.3 is 26.1 Å². The number of ether oxygens (including phenoxy) is 1. The highest BCUT2D eigenvalue weighted by Crippen LogP contribution is 2.33. The van der Waals surface area contributed by atoms with Gasteiger partial charge in [-0.15, -0.1) is 0 Å². The van der Waals surface area contributed by atoms with Gasteiger partial charge in [-0.1, -0.05) is 31.4 Å². The lowest BCUT2D eigenvalue weighted by Gasteiger charge is -2.36. The number of sulfonamides is 1. The minimum atomic E-state index is -3.60. The van der Waals surface area contributed by atoms with Crippen LogP contribution in [-0.2, 0) is 25.3 Å². The summed E-state index contributed by atoms with van der Waals surface area (Å²) in [5.41, 5.74) is 6.96. The standard InChI is InChI=1S/C28H35F2N5O4S/c29-22-15-23(30)17-25(16-22)33-28(36)27(39-14-2-1-3-20-4-5-20)26(18-31)34-10-12-35(13-11-34)40(37,38)19-21-6-8-24(32)9-7-21/h6-9,15-18,20,31H,1-5,10-14,19,32H2,(H,33,36). The number of anilines is 2. The zero-order chi connectivity index (χ0) is 28.7. The second-order valence-corrected chi connectivity index (χ2v) is 12.1. The van der Waals surface area contributed by atoms with E-state index in [1.165, 1.54) is 17.1 Å². The summed E-state index contributed by atoms with van der Waals surface area (Å²) in [6.07, 6.45) is 6.24. The van der Waals surface area contributed by atoms with Crippen LogP contribution in [0.2, 0.25) is 0 Å². The van der Waals surface area contributed by atoms with E-state index in [0.717, 1.165) is 37.1 Å². The van der Waals surface area contributed by atoms with Crippen LogP contribution in [0.15, 0.2) is 53.9 Å². The number of nitrogen functional groups attached to an aromatic ring is 1. The number of benzene rings is 2. The summed E-state index contributed by atoms with van der Waals surface area (Å²) < 4.78 is 60.7. The van der Waals surface area contributed by atoms with E-state index < -0.39 is 27.6 Å². The van der Waals surface area contributed by atoms with Gasteiger partial charge in [-0.3, -0.25) is 4.79 Å². The number of piperazine rings is 1. The van der Waals surface area contributed by atoms with Crippen molar-refractivity contribution in [3.8, 4) is 0 Å². The molecule has 2 aromatic rings. The fourth-order valence-corrected chi connectivity index (χ4v) is 6.12. The Hall–Kier alpha value is -3.51. The molecule has 1 amide bonds. The quantitative estimate of drug-likeness (QED) is 0.109. The molecule has 0 aromatic heterocycles. The van der Waals surface area contributed by atoms with Crippen LogP contribution in [0.5, 0.6) is 0 Å². The maximum absolute atomic E-state index is 13.7. The van der Waals surface area contributed by atoms with E-state index in [-0.39, 0.29) is 55.7 Å². The Bertz CT molecular complexity index is 1320. The Morgan fingerprint density at radius 2 is 1.70 bits per heavy atom. The molecule has 2 fully saturated rings. The topological polar surface area (TPSA) is 129 Å². The number of nitrogens with zero attached hydrogens (tertiary/aromatic N) is 2. The van der Waals surface area contributed by atoms with Crippen LogP contribution >= 0.6 is 0 Å². The Balaban J connectivity index is 1.46. The second-order valence-electron chi connectivity index (χ2n) is 10.1. The number of unbranched alkanes of at least 4 members (excludes halogenated alkanes) is 1. The summed E-state index contributed by atoms with van der Waals surface area (Å²) >= 11 is 0. The maximum Gasteiger partial charge on any atom is 0.293 e. The van der Waals surface area contributed by atoms with Gasteiger partial charge in [0.25, 0.3) is 5.91 Å². The number of allylic oxidation sites excluding steroid dienone is 1. The molecule has 0 radical (unpaired) electrons. The molecule has 9 nitrogen and oxygen atoms in total. The molecular weight excluding hydrogens is 540 g/mol. The summed E-state index contributed by atoms with van der Waals surface area (Å²) in [7, 11) is -3.60. The first-order valence-electron chi connectivity index (χ1n) is 13.4. The molecule has 2 aliphatic rings. The molecule has 2 aromatic carbocycles. The van der Waals surface area contributed by atoms with Crippen LogP contribution in [0.4, 0.5) is 20.2 Å². The Kier molecular flexibility index (Phi) is 9.75. The molecule has 4 N–H and O–H groups in total. The lowest BCUT2D eigenvalue weighted by atomic mass is 10.2. The third kappa shape index (κ3) is 8.25. The van der Waals surface area contributed by atoms with Crippen molar-refractivity contribution in [3.05, 3.63) is 71.1 Å². The molecule has 0 unspecified atom stereocenters. The van der Waals surface area contributed by atoms with Crippen LogP contribution in [-0.4, -0.2) is 62.5 Å². The number of halogens is 2. The van der Waals surface area contributed by atoms with E-state index in [9.17, 15) is 22.0 Å². The molecule has 1 saturated carbocycles. The molecule has 0 bridgehead atoms. The van der Waals surface area contributed by atoms with Crippen LogP contribution in [0.1, 0.15) is 37.7 Å². The molecule has 1 saturated heterocycles. The van der Waals surface area contributed by atoms with Gasteiger partial charge in [0.15, 0.2) is 0 Å². The van der Waals surface area contributed by atoms with Gasteiger partial charge >= 0.3 is 0 Å². The van der Waals surface area contributed by atoms with Crippen LogP contribution in [0.3, 0.4) is 0 Å². The zero-order valence-electron chi connectivity index (χ0n) is 22.2. The number of nitrogens with one attached hydrogen (secondary N) is 2. The number of nitrogens with two attached hydrogens (primary N) is 1. The predicted octanol–water partition coefficient (Wildman–Crippen LogP) is 4.09. The largest absolute Gasteiger partial charge is 0.486 e. The highest BCUT2D eigenvalue weighted by atomic mass is 32.2. The van der Waals surface area contributed by atoms with E-state index in [0.29, 0.717) is 23.7 Å². The highest BCUT2D eigenvalue weighted by Gasteiger charge is 2.30. The second kappa shape index (κ2) is 13.2. The molecule has 1 aliphatic carbocycles. The zero-order valence-corrected chi connectivity index (χ0v) is 23.1. The first-order chi connectivity index (χ1) is 19.1. The highest BCUT2D eigenvalue weighted by molar-refractivity contribution is 7.88. The van der Waals surface area contributed by atoms with Gasteiger partial charge in [-0.05, 0) is 48.6 Å². The first-order valence-corrected chi connectivity index (χ1v) is 15.0. The van der Waals surface area contributed by atoms with Gasteiger partial charge in [0.05, 0.1) is 12.4 Å². The fraction of sp³-hybridized carbons (Fsp3) is 0.429. The molecule has 1 aliphatic heterocycles. The molecule has 12 heteroatoms. The lowest BCUT2D eigenvalue weighted by Crippen LogP contribution is -2.49. The number of hydrogen-bond acceptors (Lipinski definition) is 7. The van der Waals surface area contributed by atoms with Crippen molar-refractivity contribution >= 4 is 33.5 Å². The third-order valence-corrected chi connectivity index (χ3v) is 8.80. The Labute approximate surface area is 233 Å². The molecule has 0 spiro atoms. The van der Waals surface area contributed by atoms with Crippen molar-refractivity contribution in [1.82, 2.24) is 9.21 Å². The van der Waals surface area contributed by atoms with Crippen LogP contribution in [0.25, 0.3) is 0 Å². The van der Waals surface area contributed by atoms with Gasteiger partial charge in [0.1, 0.15) is 17.3 Å². The minimum Gasteiger partial charge on any atom is -0.486 e. The number of rotatable bonds is 13. The van der Waals surface area contributed by atoms with Gasteiger partial charge in [0.2, 0.25) is 15.8 Å². The first kappa shape index (κ1) is 29.5. The number of carbonyl (C=O) groups excluding carboxylic acids is 1. The van der Waals surface area contributed by atoms with Crippen molar-refractivity contribution in [2.45, 2.75) is 37.9 Å². The Morgan fingerprint density at radius 3 is 2.30 bits per heavy atom. The van der Waals surface area contributed by atoms with Crippen molar-refractivity contribution in [2.24, 2.45) is 5.92 Å². The summed E-state index contributed by atoms with van der Waals surface area (Å²) in [5, 5.41) is 10.5. The monoisotopic (exact) mass is 575 g/mol. The van der Waals surface area contributed by atoms with E-state index in [4.69, 9.17) is 15.9 Å². The van der Waals surface area contributed by atoms with Crippen molar-refractivity contribution in [1.29, 1.82) is 5.41 Å². The normalized spacial score (nSPS) is 16.8.